The molecule has 0 aliphatic heterocycles. The first-order valence-electron chi connectivity index (χ1n) is 35.1. The molecule has 11 N–H and O–H groups in total. The van der Waals surface area contributed by atoms with E-state index < -0.39 is 89.2 Å². The van der Waals surface area contributed by atoms with Crippen molar-refractivity contribution in [3.8, 4) is 11.5 Å². The van der Waals surface area contributed by atoms with Gasteiger partial charge in [-0.05, 0) is 51.2 Å². The fourth-order valence-electron chi connectivity index (χ4n) is 8.07. The maximum absolute atomic E-state index is 10.5. The molecule has 0 atom stereocenters. The first-order chi connectivity index (χ1) is 47.5. The number of benzene rings is 1. The van der Waals surface area contributed by atoms with E-state index in [0.29, 0.717) is 54.8 Å². The Hall–Kier alpha value is -5.54. The van der Waals surface area contributed by atoms with Crippen molar-refractivity contribution in [1.29, 1.82) is 0 Å². The number of hydroxylamine groups is 9. The lowest BCUT2D eigenvalue weighted by Crippen LogP contribution is -2.49. The number of carbonyl (C=O) groups is 7. The minimum absolute atomic E-state index is 0.000278. The van der Waals surface area contributed by atoms with Gasteiger partial charge in [-0.25, -0.2) is 27.7 Å². The van der Waals surface area contributed by atoms with E-state index in [1.807, 2.05) is 28.2 Å². The summed E-state index contributed by atoms with van der Waals surface area (Å²) in [4.78, 5) is 88.5. The second-order valence-corrected chi connectivity index (χ2v) is 29.4. The van der Waals surface area contributed by atoms with Crippen LogP contribution in [-0.2, 0) is 53.4 Å². The molecule has 0 saturated carbocycles. The van der Waals surface area contributed by atoms with Crippen molar-refractivity contribution in [2.24, 2.45) is 10.8 Å². The molecule has 0 saturated heterocycles. The molecule has 0 unspecified atom stereocenters. The number of aliphatic carboxylic acids is 6. The zero-order valence-electron chi connectivity index (χ0n) is 64.8. The number of aromatic carboxylic acids is 1. The van der Waals surface area contributed by atoms with Crippen molar-refractivity contribution in [2.45, 2.75) is 176 Å². The van der Waals surface area contributed by atoms with Gasteiger partial charge in [-0.1, -0.05) is 124 Å². The standard InChI is InChI=1S/C15H33NO4S.C13H27NO3.C10H21NO3.C7H15NO3.C7H6O4.C6H13NO3.C6H12O4.C5H10O4/c1-4-5-6-7-8-9-11-14-20-16(2,3)13-10-12-15-21(17,18)19;1-4-5-6-7-8-9-10-11-17-14(2,3)12-13(15)16;1-4-5-6-7-8-14-11(2,3)9-10(12)13;1-8(2,5-6-9)4-3-7(10)11;8-5-1-4(7(10)11)2-6(9)3-5;1-7(2,3-4-8)5-6(9)10;1-2-6(3-7,4-8)5(9)10;1-5(2-6,3-7)4(8)9/h4-15H2,1-3H3;4-12H2,1-3H3;4-9H2,1-3H3;9H,3-6H2,1-2H3;1-3,8-9H,(H,10,11);8H,3-5H2,1-2H3;7-8H,2-4H2,1H3,(H,9,10);6-7H,2-3H2,1H3,(H,8,9). The lowest BCUT2D eigenvalue weighted by molar-refractivity contribution is -1.08. The van der Waals surface area contributed by atoms with Crippen LogP contribution in [0.25, 0.3) is 0 Å². The number of rotatable bonds is 50. The van der Waals surface area contributed by atoms with E-state index in [4.69, 9.17) is 70.7 Å². The molecular formula is C69H137N5O28S. The monoisotopic (exact) mass is 1520 g/mol. The van der Waals surface area contributed by atoms with Crippen molar-refractivity contribution in [2.75, 3.05) is 182 Å². The van der Waals surface area contributed by atoms with Crippen LogP contribution in [0.4, 0.5) is 0 Å². The number of aliphatic hydroxyl groups is 6. The first-order valence-corrected chi connectivity index (χ1v) is 36.7. The summed E-state index contributed by atoms with van der Waals surface area (Å²) in [5.74, 6) is -8.59. The number of nitrogens with zero attached hydrogens (tertiary/aromatic N) is 5. The summed E-state index contributed by atoms with van der Waals surface area (Å²) in [5, 5.41) is 135. The first kappa shape index (κ1) is 111. The molecule has 0 heterocycles. The average molecular weight is 1520 g/mol. The highest BCUT2D eigenvalue weighted by atomic mass is 32.2. The topological polar surface area (TPSA) is 519 Å². The molecule has 33 nitrogen and oxygen atoms in total. The Bertz CT molecular complexity index is 2430. The number of carbonyl (C=O) groups excluding carboxylic acids is 4. The summed E-state index contributed by atoms with van der Waals surface area (Å²) in [6.45, 7) is 11.4. The largest absolute Gasteiger partial charge is 0.748 e. The van der Waals surface area contributed by atoms with Gasteiger partial charge in [0.2, 0.25) is 0 Å². The van der Waals surface area contributed by atoms with Gasteiger partial charge in [-0.3, -0.25) is 9.59 Å². The normalized spacial score (nSPS) is 11.6. The molecule has 0 aliphatic carbocycles. The Kier molecular flexibility index (Phi) is 68.5. The second-order valence-electron chi connectivity index (χ2n) is 27.9. The van der Waals surface area contributed by atoms with Crippen molar-refractivity contribution in [3.05, 3.63) is 23.8 Å². The summed E-state index contributed by atoms with van der Waals surface area (Å²) < 4.78 is 32.8. The molecule has 1 aromatic carbocycles. The Morgan fingerprint density at radius 1 is 0.427 bits per heavy atom. The predicted molar refractivity (Wildman–Crippen MR) is 376 cm³/mol. The smallest absolute Gasteiger partial charge is 0.335 e. The van der Waals surface area contributed by atoms with E-state index in [9.17, 15) is 67.0 Å². The molecule has 0 bridgehead atoms. The van der Waals surface area contributed by atoms with Gasteiger partial charge in [0.25, 0.3) is 0 Å². The SMILES string of the molecule is CC(CO)(CO)C(=O)O.CCC(CO)(CO)C(=O)O.CCCCCCCCCO[N+](C)(C)CC(=O)[O-].CCCCCCCCCO[N+](C)(C)CCCCS(=O)(=O)[O-].CCCCCCO[N+](C)(C)CC(=O)[O-].C[N+](C)(CCO)CC(=O)[O-].C[N+](C)(CCO)CCC(=O)[O-].O=C(O)c1cc(O)cc(O)c1. The third kappa shape index (κ3) is 77.4. The van der Waals surface area contributed by atoms with Gasteiger partial charge in [-0.2, -0.15) is 13.9 Å². The maximum Gasteiger partial charge on any atom is 0.335 e. The number of aromatic hydroxyl groups is 2. The van der Waals surface area contributed by atoms with Crippen LogP contribution in [0, 0.1) is 10.8 Å². The zero-order valence-corrected chi connectivity index (χ0v) is 65.6. The minimum atomic E-state index is -4.07. The number of phenolic OH excluding ortho intramolecular Hbond substituents is 2. The van der Waals surface area contributed by atoms with Gasteiger partial charge in [0.15, 0.2) is 0 Å². The predicted octanol–water partition coefficient (Wildman–Crippen LogP) is 0.200. The quantitative estimate of drug-likeness (QED) is 0.0180. The van der Waals surface area contributed by atoms with Gasteiger partial charge in [0.1, 0.15) is 81.4 Å². The van der Waals surface area contributed by atoms with Crippen LogP contribution in [-0.4, -0.2) is 315 Å². The summed E-state index contributed by atoms with van der Waals surface area (Å²) >= 11 is 0. The van der Waals surface area contributed by atoms with Crippen LogP contribution < -0.4 is 20.4 Å². The zero-order chi connectivity index (χ0) is 81.6. The molecule has 0 spiro atoms. The molecule has 1 aromatic rings. The molecule has 0 aromatic heterocycles. The van der Waals surface area contributed by atoms with Crippen LogP contribution in [0.3, 0.4) is 0 Å². The van der Waals surface area contributed by atoms with Crippen molar-refractivity contribution in [1.82, 2.24) is 0 Å². The Labute approximate surface area is 613 Å². The average Bonchev–Trinajstić information content (AvgIpc) is 0.883. The van der Waals surface area contributed by atoms with Crippen LogP contribution in [0.1, 0.15) is 186 Å². The number of aliphatic hydroxyl groups excluding tert-OH is 6. The fourth-order valence-corrected chi connectivity index (χ4v) is 8.63. The van der Waals surface area contributed by atoms with E-state index >= 15 is 0 Å². The lowest BCUT2D eigenvalue weighted by Gasteiger charge is -2.28. The van der Waals surface area contributed by atoms with E-state index in [2.05, 4.69) is 20.8 Å². The summed E-state index contributed by atoms with van der Waals surface area (Å²) in [6.07, 6.45) is 23.4. The molecular weight excluding hydrogens is 1380 g/mol. The molecule has 1 rings (SSSR count). The third-order valence-corrected chi connectivity index (χ3v) is 16.0. The van der Waals surface area contributed by atoms with Gasteiger partial charge in [0, 0.05) is 30.6 Å². The number of hydrogen-bond acceptors (Lipinski definition) is 25. The number of unbranched alkanes of at least 4 members (excludes halogenated alkanes) is 16. The molecule has 0 aliphatic rings. The van der Waals surface area contributed by atoms with Crippen LogP contribution in [0.2, 0.25) is 0 Å². The molecule has 0 fully saturated rings. The van der Waals surface area contributed by atoms with Crippen LogP contribution in [0.5, 0.6) is 11.5 Å². The number of carboxylic acids is 7. The second kappa shape index (κ2) is 63.7. The van der Waals surface area contributed by atoms with Gasteiger partial charge in [-0.15, -0.1) is 0 Å². The van der Waals surface area contributed by atoms with E-state index in [0.717, 1.165) is 63.5 Å². The highest BCUT2D eigenvalue weighted by molar-refractivity contribution is 7.85. The number of carboxylic acid groups (broad SMARTS) is 7. The van der Waals surface area contributed by atoms with E-state index in [-0.39, 0.29) is 82.3 Å². The molecule has 34 heteroatoms. The molecule has 103 heavy (non-hydrogen) atoms. The lowest BCUT2D eigenvalue weighted by atomic mass is 9.87. The van der Waals surface area contributed by atoms with Crippen LogP contribution in [0.15, 0.2) is 18.2 Å². The molecule has 0 radical (unpaired) electrons. The fraction of sp³-hybridized carbons (Fsp3) is 0.812. The number of quaternary nitrogens is 5. The minimum Gasteiger partial charge on any atom is -0.748 e. The summed E-state index contributed by atoms with van der Waals surface area (Å²) in [6, 6.07) is 3.18. The number of likely N-dealkylation sites (N-methyl/N-ethyl adjacent to an activating group) is 4. The third-order valence-electron chi connectivity index (χ3n) is 15.2. The highest BCUT2D eigenvalue weighted by Crippen LogP contribution is 2.21. The number of hydrogen-bond donors (Lipinski definition) is 11. The van der Waals surface area contributed by atoms with Gasteiger partial charge < -0.3 is 109 Å². The van der Waals surface area contributed by atoms with Crippen molar-refractivity contribution in [3.63, 3.8) is 0 Å². The van der Waals surface area contributed by atoms with Gasteiger partial charge >= 0.3 is 17.9 Å². The van der Waals surface area contributed by atoms with E-state index in [1.165, 1.54) is 90.4 Å². The van der Waals surface area contributed by atoms with Crippen molar-refractivity contribution >= 4 is 51.9 Å². The Morgan fingerprint density at radius 2 is 0.767 bits per heavy atom. The maximum atomic E-state index is 10.5. The van der Waals surface area contributed by atoms with Crippen LogP contribution >= 0.6 is 0 Å². The number of phenols is 2. The van der Waals surface area contributed by atoms with Crippen molar-refractivity contribution < 1.29 is 161 Å². The molecule has 612 valence electrons. The summed E-state index contributed by atoms with van der Waals surface area (Å²) in [7, 11) is 14.0. The van der Waals surface area contributed by atoms with E-state index in [1.54, 1.807) is 49.2 Å². The Morgan fingerprint density at radius 3 is 1.03 bits per heavy atom. The Balaban J connectivity index is -0.000000208. The van der Waals surface area contributed by atoms with Gasteiger partial charge in [0.05, 0.1) is 150 Å². The summed E-state index contributed by atoms with van der Waals surface area (Å²) in [5.41, 5.74) is -2.87. The molecule has 0 amide bonds. The highest BCUT2D eigenvalue weighted by Gasteiger charge is 2.35.